The molecule has 0 aromatic carbocycles. The molecule has 1 atom stereocenters. The first kappa shape index (κ1) is 13.2. The fourth-order valence-electron chi connectivity index (χ4n) is 1.47. The van der Waals surface area contributed by atoms with Crippen LogP contribution in [0, 0.1) is 0 Å². The monoisotopic (exact) mass is 240 g/mol. The van der Waals surface area contributed by atoms with Crippen molar-refractivity contribution in [1.82, 2.24) is 4.90 Å². The summed E-state index contributed by atoms with van der Waals surface area (Å²) in [5.41, 5.74) is 5.80. The predicted molar refractivity (Wildman–Crippen MR) is 68.3 cm³/mol. The van der Waals surface area contributed by atoms with Gasteiger partial charge in [-0.3, -0.25) is 4.79 Å². The summed E-state index contributed by atoms with van der Waals surface area (Å²) in [5, 5.41) is 2.03. The zero-order valence-corrected chi connectivity index (χ0v) is 11.0. The highest BCUT2D eigenvalue weighted by Gasteiger charge is 2.22. The lowest BCUT2D eigenvalue weighted by Gasteiger charge is -2.28. The summed E-state index contributed by atoms with van der Waals surface area (Å²) in [6.45, 7) is 6.65. The van der Waals surface area contributed by atoms with Crippen LogP contribution in [0.2, 0.25) is 0 Å². The van der Waals surface area contributed by atoms with Gasteiger partial charge < -0.3 is 10.6 Å². The third-order valence-corrected chi connectivity index (χ3v) is 3.43. The van der Waals surface area contributed by atoms with Crippen LogP contribution in [0.5, 0.6) is 0 Å². The van der Waals surface area contributed by atoms with Crippen LogP contribution < -0.4 is 5.73 Å². The number of hydrogen-bond donors (Lipinski definition) is 1. The Balaban J connectivity index is 2.71. The average molecular weight is 240 g/mol. The predicted octanol–water partition coefficient (Wildman–Crippen LogP) is 2.22. The van der Waals surface area contributed by atoms with Gasteiger partial charge in [0.2, 0.25) is 5.91 Å². The molecule has 0 spiro atoms. The standard InChI is InChI=1S/C12H20N2OS/c1-4-11(13)12(15)14(9(2)3)8-10-6-5-7-16-10/h5-7,9,11H,4,8,13H2,1-3H3. The second-order valence-electron chi connectivity index (χ2n) is 4.15. The molecule has 0 aliphatic rings. The minimum absolute atomic E-state index is 0.0471. The van der Waals surface area contributed by atoms with E-state index in [9.17, 15) is 4.79 Å². The zero-order chi connectivity index (χ0) is 12.1. The van der Waals surface area contributed by atoms with E-state index in [2.05, 4.69) is 0 Å². The normalized spacial score (nSPS) is 12.8. The molecule has 0 saturated heterocycles. The van der Waals surface area contributed by atoms with Crippen molar-refractivity contribution in [1.29, 1.82) is 0 Å². The molecule has 0 bridgehead atoms. The lowest BCUT2D eigenvalue weighted by Crippen LogP contribution is -2.46. The van der Waals surface area contributed by atoms with Crippen molar-refractivity contribution in [2.45, 2.75) is 45.8 Å². The van der Waals surface area contributed by atoms with Crippen LogP contribution in [0.4, 0.5) is 0 Å². The van der Waals surface area contributed by atoms with E-state index in [1.54, 1.807) is 11.3 Å². The van der Waals surface area contributed by atoms with Crippen LogP contribution in [0.3, 0.4) is 0 Å². The Morgan fingerprint density at radius 2 is 2.25 bits per heavy atom. The van der Waals surface area contributed by atoms with Gasteiger partial charge in [-0.15, -0.1) is 11.3 Å². The maximum absolute atomic E-state index is 12.0. The van der Waals surface area contributed by atoms with E-state index >= 15 is 0 Å². The van der Waals surface area contributed by atoms with Crippen LogP contribution in [0.15, 0.2) is 17.5 Å². The Labute approximate surface area is 101 Å². The van der Waals surface area contributed by atoms with Crippen LogP contribution in [-0.4, -0.2) is 22.9 Å². The Bertz CT molecular complexity index is 322. The maximum atomic E-state index is 12.0. The summed E-state index contributed by atoms with van der Waals surface area (Å²) in [6.07, 6.45) is 0.687. The van der Waals surface area contributed by atoms with E-state index < -0.39 is 0 Å². The number of rotatable bonds is 5. The Hall–Kier alpha value is -0.870. The van der Waals surface area contributed by atoms with Gasteiger partial charge in [-0.05, 0) is 31.7 Å². The summed E-state index contributed by atoms with van der Waals surface area (Å²) in [4.78, 5) is 15.1. The molecule has 90 valence electrons. The molecular formula is C12H20N2OS. The Morgan fingerprint density at radius 1 is 1.56 bits per heavy atom. The van der Waals surface area contributed by atoms with Gasteiger partial charge in [-0.25, -0.2) is 0 Å². The summed E-state index contributed by atoms with van der Waals surface area (Å²) < 4.78 is 0. The summed E-state index contributed by atoms with van der Waals surface area (Å²) in [7, 11) is 0. The minimum atomic E-state index is -0.373. The highest BCUT2D eigenvalue weighted by molar-refractivity contribution is 7.09. The molecule has 4 heteroatoms. The van der Waals surface area contributed by atoms with Crippen LogP contribution >= 0.6 is 11.3 Å². The van der Waals surface area contributed by atoms with Gasteiger partial charge in [-0.2, -0.15) is 0 Å². The largest absolute Gasteiger partial charge is 0.334 e. The van der Waals surface area contributed by atoms with E-state index in [1.165, 1.54) is 4.88 Å². The molecule has 16 heavy (non-hydrogen) atoms. The molecular weight excluding hydrogens is 220 g/mol. The zero-order valence-electron chi connectivity index (χ0n) is 10.1. The molecule has 0 saturated carbocycles. The van der Waals surface area contributed by atoms with Crippen molar-refractivity contribution in [3.8, 4) is 0 Å². The molecule has 0 radical (unpaired) electrons. The molecule has 1 rings (SSSR count). The molecule has 0 aliphatic carbocycles. The molecule has 1 aromatic rings. The second-order valence-corrected chi connectivity index (χ2v) is 5.19. The fraction of sp³-hybridized carbons (Fsp3) is 0.583. The van der Waals surface area contributed by atoms with Crippen LogP contribution in [0.25, 0.3) is 0 Å². The molecule has 1 unspecified atom stereocenters. The third-order valence-electron chi connectivity index (χ3n) is 2.57. The molecule has 2 N–H and O–H groups in total. The first-order valence-corrected chi connectivity index (χ1v) is 6.52. The van der Waals surface area contributed by atoms with Gasteiger partial charge >= 0.3 is 0 Å². The maximum Gasteiger partial charge on any atom is 0.240 e. The third kappa shape index (κ3) is 3.32. The fourth-order valence-corrected chi connectivity index (χ4v) is 2.18. The van der Waals surface area contributed by atoms with E-state index in [0.717, 1.165) is 0 Å². The van der Waals surface area contributed by atoms with Gasteiger partial charge in [0.1, 0.15) is 0 Å². The quantitative estimate of drug-likeness (QED) is 0.858. The number of carbonyl (C=O) groups excluding carboxylic acids is 1. The van der Waals surface area contributed by atoms with E-state index in [0.29, 0.717) is 13.0 Å². The number of amides is 1. The van der Waals surface area contributed by atoms with Crippen molar-refractivity contribution in [2.24, 2.45) is 5.73 Å². The molecule has 1 amide bonds. The Morgan fingerprint density at radius 3 is 2.69 bits per heavy atom. The van der Waals surface area contributed by atoms with Gasteiger partial charge in [0.05, 0.1) is 12.6 Å². The van der Waals surface area contributed by atoms with Crippen LogP contribution in [0.1, 0.15) is 32.1 Å². The van der Waals surface area contributed by atoms with E-state index in [4.69, 9.17) is 5.73 Å². The highest BCUT2D eigenvalue weighted by Crippen LogP contribution is 2.15. The van der Waals surface area contributed by atoms with Crippen molar-refractivity contribution in [3.63, 3.8) is 0 Å². The number of thiophene rings is 1. The first-order valence-electron chi connectivity index (χ1n) is 5.64. The van der Waals surface area contributed by atoms with Gasteiger partial charge in [-0.1, -0.05) is 13.0 Å². The van der Waals surface area contributed by atoms with Crippen molar-refractivity contribution < 1.29 is 4.79 Å². The number of nitrogens with zero attached hydrogens (tertiary/aromatic N) is 1. The van der Waals surface area contributed by atoms with Crippen molar-refractivity contribution >= 4 is 17.2 Å². The molecule has 1 aromatic heterocycles. The lowest BCUT2D eigenvalue weighted by atomic mass is 10.2. The Kier molecular flexibility index (Phi) is 4.96. The average Bonchev–Trinajstić information content (AvgIpc) is 2.76. The summed E-state index contributed by atoms with van der Waals surface area (Å²) >= 11 is 1.67. The van der Waals surface area contributed by atoms with Gasteiger partial charge in [0, 0.05) is 10.9 Å². The second kappa shape index (κ2) is 6.01. The smallest absolute Gasteiger partial charge is 0.240 e. The van der Waals surface area contributed by atoms with Crippen LogP contribution in [-0.2, 0) is 11.3 Å². The van der Waals surface area contributed by atoms with Gasteiger partial charge in [0.15, 0.2) is 0 Å². The van der Waals surface area contributed by atoms with E-state index in [-0.39, 0.29) is 18.0 Å². The van der Waals surface area contributed by atoms with Crippen molar-refractivity contribution in [2.75, 3.05) is 0 Å². The van der Waals surface area contributed by atoms with Gasteiger partial charge in [0.25, 0.3) is 0 Å². The number of nitrogens with two attached hydrogens (primary N) is 1. The summed E-state index contributed by atoms with van der Waals surface area (Å²) in [5.74, 6) is 0.0471. The molecule has 0 fully saturated rings. The van der Waals surface area contributed by atoms with E-state index in [1.807, 2.05) is 43.2 Å². The minimum Gasteiger partial charge on any atom is -0.334 e. The number of carbonyl (C=O) groups is 1. The number of hydrogen-bond acceptors (Lipinski definition) is 3. The highest BCUT2D eigenvalue weighted by atomic mass is 32.1. The molecule has 1 heterocycles. The molecule has 0 aliphatic heterocycles. The topological polar surface area (TPSA) is 46.3 Å². The summed E-state index contributed by atoms with van der Waals surface area (Å²) in [6, 6.07) is 3.86. The first-order chi connectivity index (χ1) is 7.56. The SMILES string of the molecule is CCC(N)C(=O)N(Cc1cccs1)C(C)C. The molecule has 3 nitrogen and oxygen atoms in total. The lowest BCUT2D eigenvalue weighted by molar-refractivity contribution is -0.135. The van der Waals surface area contributed by atoms with Crippen molar-refractivity contribution in [3.05, 3.63) is 22.4 Å².